The molecule has 1 aromatic heterocycles. The minimum absolute atomic E-state index is 0.00710. The Bertz CT molecular complexity index is 804. The third kappa shape index (κ3) is 2.88. The predicted molar refractivity (Wildman–Crippen MR) is 95.3 cm³/mol. The Labute approximate surface area is 141 Å². The number of hydrogen-bond acceptors (Lipinski definition) is 4. The summed E-state index contributed by atoms with van der Waals surface area (Å²) in [7, 11) is 0. The van der Waals surface area contributed by atoms with E-state index in [0.717, 1.165) is 11.0 Å². The van der Waals surface area contributed by atoms with E-state index in [0.29, 0.717) is 38.5 Å². The van der Waals surface area contributed by atoms with E-state index in [1.165, 1.54) is 0 Å². The molecular formula is C18H24N4O2. The Kier molecular flexibility index (Phi) is 4.55. The molecule has 0 aliphatic carbocycles. The number of anilines is 1. The highest BCUT2D eigenvalue weighted by Crippen LogP contribution is 2.16. The summed E-state index contributed by atoms with van der Waals surface area (Å²) in [5.74, 6) is 0.673. The Morgan fingerprint density at radius 1 is 1.17 bits per heavy atom. The lowest BCUT2D eigenvalue weighted by Crippen LogP contribution is -2.51. The maximum atomic E-state index is 12.8. The van der Waals surface area contributed by atoms with Gasteiger partial charge in [-0.25, -0.2) is 4.98 Å². The molecule has 2 aromatic rings. The van der Waals surface area contributed by atoms with Gasteiger partial charge in [0.1, 0.15) is 0 Å². The molecule has 1 aliphatic rings. The molecule has 1 saturated heterocycles. The lowest BCUT2D eigenvalue weighted by molar-refractivity contribution is -0.134. The van der Waals surface area contributed by atoms with Crippen LogP contribution in [0.3, 0.4) is 0 Å². The van der Waals surface area contributed by atoms with Gasteiger partial charge in [0.25, 0.3) is 5.56 Å². The van der Waals surface area contributed by atoms with Crippen LogP contribution in [0.15, 0.2) is 29.1 Å². The second-order valence-electron chi connectivity index (χ2n) is 6.44. The first kappa shape index (κ1) is 16.5. The van der Waals surface area contributed by atoms with E-state index in [9.17, 15) is 9.59 Å². The van der Waals surface area contributed by atoms with E-state index < -0.39 is 0 Å². The molecule has 0 spiro atoms. The zero-order chi connectivity index (χ0) is 17.3. The van der Waals surface area contributed by atoms with Crippen LogP contribution in [0.5, 0.6) is 0 Å². The molecule has 0 saturated carbocycles. The van der Waals surface area contributed by atoms with Gasteiger partial charge in [-0.05, 0) is 19.1 Å². The minimum Gasteiger partial charge on any atom is -0.348 e. The summed E-state index contributed by atoms with van der Waals surface area (Å²) in [6.45, 7) is 8.97. The van der Waals surface area contributed by atoms with E-state index in [1.807, 2.05) is 54.8 Å². The number of aryl methyl sites for hydroxylation is 1. The molecule has 1 aromatic carbocycles. The van der Waals surface area contributed by atoms with Crippen molar-refractivity contribution >= 4 is 22.8 Å². The van der Waals surface area contributed by atoms with Crippen LogP contribution in [0.25, 0.3) is 11.0 Å². The first-order chi connectivity index (χ1) is 11.5. The van der Waals surface area contributed by atoms with Gasteiger partial charge in [0.15, 0.2) is 5.82 Å². The standard InChI is InChI=1S/C18H24N4O2/c1-4-22-15-8-6-5-7-14(15)19-16(18(22)24)20-9-11-21(12-10-20)17(23)13(2)3/h5-8,13H,4,9-12H2,1-3H3. The van der Waals surface area contributed by atoms with Crippen molar-refractivity contribution in [2.75, 3.05) is 31.1 Å². The first-order valence-corrected chi connectivity index (χ1v) is 8.56. The summed E-state index contributed by atoms with van der Waals surface area (Å²) in [4.78, 5) is 33.4. The summed E-state index contributed by atoms with van der Waals surface area (Å²) in [5, 5.41) is 0. The topological polar surface area (TPSA) is 58.4 Å². The summed E-state index contributed by atoms with van der Waals surface area (Å²) in [6.07, 6.45) is 0. The Hall–Kier alpha value is -2.37. The van der Waals surface area contributed by atoms with Gasteiger partial charge in [-0.2, -0.15) is 0 Å². The lowest BCUT2D eigenvalue weighted by atomic mass is 10.1. The van der Waals surface area contributed by atoms with Crippen molar-refractivity contribution in [2.45, 2.75) is 27.3 Å². The van der Waals surface area contributed by atoms with Crippen LogP contribution >= 0.6 is 0 Å². The number of rotatable bonds is 3. The third-order valence-electron chi connectivity index (χ3n) is 4.54. The number of carbonyl (C=O) groups is 1. The molecule has 1 fully saturated rings. The highest BCUT2D eigenvalue weighted by Gasteiger charge is 2.25. The lowest BCUT2D eigenvalue weighted by Gasteiger charge is -2.36. The first-order valence-electron chi connectivity index (χ1n) is 8.56. The average molecular weight is 328 g/mol. The zero-order valence-electron chi connectivity index (χ0n) is 14.5. The second-order valence-corrected chi connectivity index (χ2v) is 6.44. The van der Waals surface area contributed by atoms with Crippen molar-refractivity contribution in [2.24, 2.45) is 5.92 Å². The minimum atomic E-state index is -0.0557. The number of carbonyl (C=O) groups excluding carboxylic acids is 1. The number of piperazine rings is 1. The van der Waals surface area contributed by atoms with Crippen LogP contribution in [-0.4, -0.2) is 46.5 Å². The molecule has 0 bridgehead atoms. The molecule has 6 heteroatoms. The van der Waals surface area contributed by atoms with Gasteiger partial charge >= 0.3 is 0 Å². The van der Waals surface area contributed by atoms with E-state index >= 15 is 0 Å². The molecular weight excluding hydrogens is 304 g/mol. The van der Waals surface area contributed by atoms with Crippen molar-refractivity contribution in [1.82, 2.24) is 14.5 Å². The summed E-state index contributed by atoms with van der Waals surface area (Å²) >= 11 is 0. The molecule has 2 heterocycles. The normalized spacial score (nSPS) is 15.3. The van der Waals surface area contributed by atoms with Gasteiger partial charge in [0.2, 0.25) is 5.91 Å². The number of aromatic nitrogens is 2. The van der Waals surface area contributed by atoms with Crippen LogP contribution in [0.2, 0.25) is 0 Å². The summed E-state index contributed by atoms with van der Waals surface area (Å²) < 4.78 is 1.77. The van der Waals surface area contributed by atoms with E-state index in [2.05, 4.69) is 4.98 Å². The number of benzene rings is 1. The van der Waals surface area contributed by atoms with Crippen molar-refractivity contribution < 1.29 is 4.79 Å². The highest BCUT2D eigenvalue weighted by atomic mass is 16.2. The molecule has 0 N–H and O–H groups in total. The van der Waals surface area contributed by atoms with Crippen molar-refractivity contribution in [3.63, 3.8) is 0 Å². The summed E-state index contributed by atoms with van der Waals surface area (Å²) in [6, 6.07) is 7.72. The van der Waals surface area contributed by atoms with Crippen molar-refractivity contribution in [3.05, 3.63) is 34.6 Å². The maximum absolute atomic E-state index is 12.8. The molecule has 3 rings (SSSR count). The quantitative estimate of drug-likeness (QED) is 0.861. The molecule has 6 nitrogen and oxygen atoms in total. The number of amides is 1. The van der Waals surface area contributed by atoms with Crippen molar-refractivity contribution in [3.8, 4) is 0 Å². The van der Waals surface area contributed by atoms with Gasteiger partial charge < -0.3 is 14.4 Å². The van der Waals surface area contributed by atoms with Gasteiger partial charge in [0.05, 0.1) is 11.0 Å². The van der Waals surface area contributed by atoms with Crippen LogP contribution in [0.4, 0.5) is 5.82 Å². The fourth-order valence-corrected chi connectivity index (χ4v) is 3.20. The second kappa shape index (κ2) is 6.63. The van der Waals surface area contributed by atoms with Crippen molar-refractivity contribution in [1.29, 1.82) is 0 Å². The number of fused-ring (bicyclic) bond motifs is 1. The average Bonchev–Trinajstić information content (AvgIpc) is 2.60. The predicted octanol–water partition coefficient (Wildman–Crippen LogP) is 1.72. The number of hydrogen-bond donors (Lipinski definition) is 0. The molecule has 128 valence electrons. The van der Waals surface area contributed by atoms with Gasteiger partial charge in [-0.1, -0.05) is 26.0 Å². The number of nitrogens with zero attached hydrogens (tertiary/aromatic N) is 4. The van der Waals surface area contributed by atoms with Crippen LogP contribution in [0.1, 0.15) is 20.8 Å². The maximum Gasteiger partial charge on any atom is 0.293 e. The smallest absolute Gasteiger partial charge is 0.293 e. The van der Waals surface area contributed by atoms with E-state index in [-0.39, 0.29) is 17.4 Å². The Morgan fingerprint density at radius 3 is 2.46 bits per heavy atom. The summed E-state index contributed by atoms with van der Waals surface area (Å²) in [5.41, 5.74) is 1.64. The van der Waals surface area contributed by atoms with Crippen LogP contribution < -0.4 is 10.5 Å². The van der Waals surface area contributed by atoms with Gasteiger partial charge in [-0.15, -0.1) is 0 Å². The van der Waals surface area contributed by atoms with E-state index in [4.69, 9.17) is 0 Å². The zero-order valence-corrected chi connectivity index (χ0v) is 14.5. The molecule has 0 radical (unpaired) electrons. The fraction of sp³-hybridized carbons (Fsp3) is 0.500. The molecule has 0 unspecified atom stereocenters. The highest BCUT2D eigenvalue weighted by molar-refractivity contribution is 5.78. The molecule has 1 amide bonds. The largest absolute Gasteiger partial charge is 0.348 e. The monoisotopic (exact) mass is 328 g/mol. The number of para-hydroxylation sites is 2. The molecule has 24 heavy (non-hydrogen) atoms. The third-order valence-corrected chi connectivity index (χ3v) is 4.54. The Balaban J connectivity index is 1.90. The van der Waals surface area contributed by atoms with Gasteiger partial charge in [0, 0.05) is 38.6 Å². The van der Waals surface area contributed by atoms with Gasteiger partial charge in [-0.3, -0.25) is 9.59 Å². The molecule has 1 aliphatic heterocycles. The Morgan fingerprint density at radius 2 is 1.83 bits per heavy atom. The molecule has 0 atom stereocenters. The van der Waals surface area contributed by atoms with Crippen LogP contribution in [0, 0.1) is 5.92 Å². The fourth-order valence-electron chi connectivity index (χ4n) is 3.20. The SMILES string of the molecule is CCn1c(=O)c(N2CCN(C(=O)C(C)C)CC2)nc2ccccc21. The van der Waals surface area contributed by atoms with Crippen LogP contribution in [-0.2, 0) is 11.3 Å². The van der Waals surface area contributed by atoms with E-state index in [1.54, 1.807) is 4.57 Å².